The molecule has 0 fully saturated rings. The summed E-state index contributed by atoms with van der Waals surface area (Å²) in [5.74, 6) is 0.854. The third-order valence-corrected chi connectivity index (χ3v) is 2.91. The summed E-state index contributed by atoms with van der Waals surface area (Å²) in [5, 5.41) is 3.08. The molecule has 1 aromatic carbocycles. The maximum Gasteiger partial charge on any atom is 0.253 e. The molecule has 1 unspecified atom stereocenters. The zero-order valence-corrected chi connectivity index (χ0v) is 11.4. The van der Waals surface area contributed by atoms with E-state index in [0.717, 1.165) is 0 Å². The van der Waals surface area contributed by atoms with E-state index >= 15 is 0 Å². The number of anilines is 1. The van der Waals surface area contributed by atoms with Crippen LogP contribution in [-0.4, -0.2) is 10.9 Å². The van der Waals surface area contributed by atoms with Crippen molar-refractivity contribution in [3.63, 3.8) is 0 Å². The number of carbonyl (C=O) groups excluding carboxylic acids is 1. The fourth-order valence-corrected chi connectivity index (χ4v) is 1.90. The number of rotatable bonds is 3. The first-order valence-electron chi connectivity index (χ1n) is 5.75. The third kappa shape index (κ3) is 3.06. The van der Waals surface area contributed by atoms with E-state index in [9.17, 15) is 4.79 Å². The fourth-order valence-electron chi connectivity index (χ4n) is 1.62. The van der Waals surface area contributed by atoms with Crippen LogP contribution in [0.5, 0.6) is 0 Å². The van der Waals surface area contributed by atoms with Gasteiger partial charge in [0.1, 0.15) is 11.8 Å². The summed E-state index contributed by atoms with van der Waals surface area (Å²) < 4.78 is 5.35. The second-order valence-electron chi connectivity index (χ2n) is 4.24. The Morgan fingerprint density at radius 2 is 2.26 bits per heavy atom. The molecular weight excluding hydrogens is 266 g/mol. The van der Waals surface area contributed by atoms with Gasteiger partial charge in [0.05, 0.1) is 16.8 Å². The van der Waals surface area contributed by atoms with Crippen molar-refractivity contribution in [2.75, 3.05) is 5.73 Å². The first-order chi connectivity index (χ1) is 8.97. The quantitative estimate of drug-likeness (QED) is 0.847. The van der Waals surface area contributed by atoms with E-state index in [1.165, 1.54) is 6.07 Å². The van der Waals surface area contributed by atoms with Crippen LogP contribution in [-0.2, 0) is 0 Å². The van der Waals surface area contributed by atoms with Crippen LogP contribution < -0.4 is 11.1 Å². The van der Waals surface area contributed by atoms with Gasteiger partial charge in [-0.1, -0.05) is 11.6 Å². The van der Waals surface area contributed by atoms with E-state index in [-0.39, 0.29) is 11.9 Å². The predicted molar refractivity (Wildman–Crippen MR) is 73.0 cm³/mol. The number of carbonyl (C=O) groups is 1. The Kier molecular flexibility index (Phi) is 3.76. The first kappa shape index (κ1) is 13.4. The molecule has 0 saturated heterocycles. The smallest absolute Gasteiger partial charge is 0.253 e. The number of aryl methyl sites for hydroxylation is 1. The van der Waals surface area contributed by atoms with Gasteiger partial charge in [-0.15, -0.1) is 0 Å². The van der Waals surface area contributed by atoms with Crippen molar-refractivity contribution in [1.29, 1.82) is 0 Å². The molecular formula is C13H14ClN3O2. The van der Waals surface area contributed by atoms with E-state index in [1.807, 2.05) is 0 Å². The summed E-state index contributed by atoms with van der Waals surface area (Å²) in [6, 6.07) is 4.41. The monoisotopic (exact) mass is 279 g/mol. The molecule has 0 aliphatic carbocycles. The lowest BCUT2D eigenvalue weighted by molar-refractivity contribution is 0.0934. The highest BCUT2D eigenvalue weighted by atomic mass is 35.5. The summed E-state index contributed by atoms with van der Waals surface area (Å²) in [5.41, 5.74) is 6.46. The number of nitrogens with one attached hydrogen (secondary N) is 1. The molecule has 0 bridgehead atoms. The van der Waals surface area contributed by atoms with Crippen molar-refractivity contribution in [1.82, 2.24) is 10.3 Å². The molecule has 100 valence electrons. The number of benzene rings is 1. The number of hydrogen-bond donors (Lipinski definition) is 2. The molecule has 0 aliphatic heterocycles. The summed E-state index contributed by atoms with van der Waals surface area (Å²) >= 11 is 5.98. The van der Waals surface area contributed by atoms with Gasteiger partial charge in [0.25, 0.3) is 5.91 Å². The van der Waals surface area contributed by atoms with Gasteiger partial charge in [-0.2, -0.15) is 0 Å². The molecule has 0 aliphatic rings. The topological polar surface area (TPSA) is 81.2 Å². The third-order valence-electron chi connectivity index (χ3n) is 2.59. The number of halogens is 1. The molecule has 2 rings (SSSR count). The molecule has 3 N–H and O–H groups in total. The minimum atomic E-state index is -0.338. The molecule has 0 radical (unpaired) electrons. The lowest BCUT2D eigenvalue weighted by Gasteiger charge is -2.11. The number of nitrogens with two attached hydrogens (primary N) is 1. The number of amides is 1. The van der Waals surface area contributed by atoms with E-state index in [2.05, 4.69) is 10.3 Å². The summed E-state index contributed by atoms with van der Waals surface area (Å²) in [6.45, 7) is 3.58. The van der Waals surface area contributed by atoms with Crippen LogP contribution in [0.4, 0.5) is 5.69 Å². The maximum atomic E-state index is 12.1. The van der Waals surface area contributed by atoms with Crippen LogP contribution in [0.15, 0.2) is 28.8 Å². The van der Waals surface area contributed by atoms with Crippen molar-refractivity contribution in [3.05, 3.63) is 46.6 Å². The number of hydrogen-bond acceptors (Lipinski definition) is 4. The Balaban J connectivity index is 2.12. The Hall–Kier alpha value is -2.01. The van der Waals surface area contributed by atoms with E-state index in [1.54, 1.807) is 32.2 Å². The van der Waals surface area contributed by atoms with Gasteiger partial charge < -0.3 is 15.5 Å². The average Bonchev–Trinajstić information content (AvgIpc) is 2.75. The van der Waals surface area contributed by atoms with Crippen molar-refractivity contribution >= 4 is 23.2 Å². The molecule has 0 spiro atoms. The van der Waals surface area contributed by atoms with Crippen molar-refractivity contribution in [3.8, 4) is 0 Å². The van der Waals surface area contributed by atoms with Crippen LogP contribution in [0.25, 0.3) is 0 Å². The SMILES string of the molecule is Cc1cnc(C(C)NC(=O)c2ccc(N)cc2Cl)o1. The number of nitrogen functional groups attached to an aromatic ring is 1. The summed E-state index contributed by atoms with van der Waals surface area (Å²) in [6.07, 6.45) is 1.61. The Labute approximate surface area is 115 Å². The average molecular weight is 280 g/mol. The standard InChI is InChI=1S/C13H14ClN3O2/c1-7-6-16-13(19-7)8(2)17-12(18)10-4-3-9(15)5-11(10)14/h3-6,8H,15H2,1-2H3,(H,17,18). The highest BCUT2D eigenvalue weighted by Gasteiger charge is 2.17. The minimum absolute atomic E-state index is 0.298. The van der Waals surface area contributed by atoms with Gasteiger partial charge in [0.2, 0.25) is 5.89 Å². The van der Waals surface area contributed by atoms with E-state index in [4.69, 9.17) is 21.8 Å². The van der Waals surface area contributed by atoms with Crippen molar-refractivity contribution in [2.24, 2.45) is 0 Å². The number of aromatic nitrogens is 1. The molecule has 1 heterocycles. The van der Waals surface area contributed by atoms with Crippen LogP contribution in [0.1, 0.15) is 35.0 Å². The molecule has 0 saturated carbocycles. The molecule has 6 heteroatoms. The molecule has 2 aromatic rings. The Morgan fingerprint density at radius 3 is 2.84 bits per heavy atom. The van der Waals surface area contributed by atoms with Gasteiger partial charge >= 0.3 is 0 Å². The highest BCUT2D eigenvalue weighted by molar-refractivity contribution is 6.34. The highest BCUT2D eigenvalue weighted by Crippen LogP contribution is 2.20. The van der Waals surface area contributed by atoms with E-state index in [0.29, 0.717) is 27.9 Å². The predicted octanol–water partition coefficient (Wildman–Crippen LogP) is 2.71. The van der Waals surface area contributed by atoms with Gasteiger partial charge in [-0.25, -0.2) is 4.98 Å². The second kappa shape index (κ2) is 5.32. The lowest BCUT2D eigenvalue weighted by atomic mass is 10.2. The molecule has 5 nitrogen and oxygen atoms in total. The number of oxazole rings is 1. The van der Waals surface area contributed by atoms with Crippen molar-refractivity contribution in [2.45, 2.75) is 19.9 Å². The van der Waals surface area contributed by atoms with Crippen LogP contribution in [0.2, 0.25) is 5.02 Å². The second-order valence-corrected chi connectivity index (χ2v) is 4.65. The van der Waals surface area contributed by atoms with E-state index < -0.39 is 0 Å². The zero-order valence-electron chi connectivity index (χ0n) is 10.6. The maximum absolute atomic E-state index is 12.1. The largest absolute Gasteiger partial charge is 0.444 e. The van der Waals surface area contributed by atoms with Gasteiger partial charge in [-0.3, -0.25) is 4.79 Å². The van der Waals surface area contributed by atoms with Gasteiger partial charge in [0, 0.05) is 5.69 Å². The van der Waals surface area contributed by atoms with Crippen LogP contribution in [0, 0.1) is 6.92 Å². The summed E-state index contributed by atoms with van der Waals surface area (Å²) in [4.78, 5) is 16.1. The Morgan fingerprint density at radius 1 is 1.53 bits per heavy atom. The van der Waals surface area contributed by atoms with Crippen LogP contribution >= 0.6 is 11.6 Å². The normalized spacial score (nSPS) is 12.2. The number of nitrogens with zero attached hydrogens (tertiary/aromatic N) is 1. The molecule has 1 atom stereocenters. The van der Waals surface area contributed by atoms with Crippen molar-refractivity contribution < 1.29 is 9.21 Å². The summed E-state index contributed by atoms with van der Waals surface area (Å²) in [7, 11) is 0. The Bertz CT molecular complexity index is 610. The molecule has 1 aromatic heterocycles. The van der Waals surface area contributed by atoms with Gasteiger partial charge in [0.15, 0.2) is 0 Å². The molecule has 1 amide bonds. The van der Waals surface area contributed by atoms with Gasteiger partial charge in [-0.05, 0) is 32.0 Å². The van der Waals surface area contributed by atoms with Crippen LogP contribution in [0.3, 0.4) is 0 Å². The first-order valence-corrected chi connectivity index (χ1v) is 6.13. The lowest BCUT2D eigenvalue weighted by Crippen LogP contribution is -2.27. The zero-order chi connectivity index (χ0) is 14.0. The minimum Gasteiger partial charge on any atom is -0.444 e. The molecule has 19 heavy (non-hydrogen) atoms. The fraction of sp³-hybridized carbons (Fsp3) is 0.231.